The number of pyridine rings is 1. The highest BCUT2D eigenvalue weighted by Crippen LogP contribution is 2.21. The molecule has 1 aliphatic heterocycles. The lowest BCUT2D eigenvalue weighted by molar-refractivity contribution is 0.0635. The van der Waals surface area contributed by atoms with Crippen LogP contribution in [0.15, 0.2) is 18.3 Å². The lowest BCUT2D eigenvalue weighted by Crippen LogP contribution is -2.42. The summed E-state index contributed by atoms with van der Waals surface area (Å²) in [5.74, 6) is 0.00491. The van der Waals surface area contributed by atoms with Crippen LogP contribution in [0.25, 0.3) is 0 Å². The quantitative estimate of drug-likeness (QED) is 0.705. The van der Waals surface area contributed by atoms with E-state index in [1.807, 2.05) is 4.90 Å². The number of piperidine rings is 1. The summed E-state index contributed by atoms with van der Waals surface area (Å²) in [6, 6.07) is 3.78. The van der Waals surface area contributed by atoms with Crippen LogP contribution in [0.2, 0.25) is 5.15 Å². The van der Waals surface area contributed by atoms with Gasteiger partial charge in [-0.2, -0.15) is 0 Å². The Morgan fingerprint density at radius 3 is 3.06 bits per heavy atom. The largest absolute Gasteiger partial charge is 0.336 e. The van der Waals surface area contributed by atoms with Crippen LogP contribution in [-0.4, -0.2) is 28.4 Å². The number of hydrogen-bond donors (Lipinski definition) is 0. The Morgan fingerprint density at radius 1 is 1.56 bits per heavy atom. The molecule has 0 bridgehead atoms. The van der Waals surface area contributed by atoms with Crippen LogP contribution >= 0.6 is 11.6 Å². The Labute approximate surface area is 100 Å². The molecule has 86 valence electrons. The summed E-state index contributed by atoms with van der Waals surface area (Å²) >= 11 is 5.93. The highest BCUT2D eigenvalue weighted by Gasteiger charge is 2.25. The van der Waals surface area contributed by atoms with Crippen LogP contribution in [0.1, 0.15) is 36.5 Å². The molecule has 0 saturated carbocycles. The molecule has 4 heteroatoms. The first-order valence-corrected chi connectivity index (χ1v) is 5.99. The Hall–Kier alpha value is -1.09. The van der Waals surface area contributed by atoms with Gasteiger partial charge in [0.2, 0.25) is 0 Å². The summed E-state index contributed by atoms with van der Waals surface area (Å²) in [4.78, 5) is 18.1. The van der Waals surface area contributed by atoms with Crippen molar-refractivity contribution in [3.63, 3.8) is 0 Å². The molecule has 1 fully saturated rings. The van der Waals surface area contributed by atoms with Crippen LogP contribution < -0.4 is 0 Å². The van der Waals surface area contributed by atoms with Gasteiger partial charge >= 0.3 is 0 Å². The minimum Gasteiger partial charge on any atom is -0.336 e. The predicted molar refractivity (Wildman–Crippen MR) is 63.6 cm³/mol. The third-order valence-corrected chi connectivity index (χ3v) is 3.35. The van der Waals surface area contributed by atoms with Gasteiger partial charge in [0.25, 0.3) is 5.91 Å². The second-order valence-corrected chi connectivity index (χ2v) is 4.54. The number of rotatable bonds is 1. The maximum atomic E-state index is 12.2. The molecule has 1 aromatic heterocycles. The van der Waals surface area contributed by atoms with E-state index in [1.54, 1.807) is 18.3 Å². The van der Waals surface area contributed by atoms with E-state index in [4.69, 9.17) is 11.6 Å². The molecule has 0 aliphatic carbocycles. The van der Waals surface area contributed by atoms with Crippen molar-refractivity contribution in [1.29, 1.82) is 0 Å². The van der Waals surface area contributed by atoms with Gasteiger partial charge in [-0.25, -0.2) is 4.98 Å². The van der Waals surface area contributed by atoms with E-state index in [9.17, 15) is 4.79 Å². The maximum Gasteiger partial charge on any atom is 0.257 e. The number of carbonyl (C=O) groups excluding carboxylic acids is 1. The minimum atomic E-state index is 0.00491. The van der Waals surface area contributed by atoms with Crippen molar-refractivity contribution in [1.82, 2.24) is 9.88 Å². The summed E-state index contributed by atoms with van der Waals surface area (Å²) in [7, 11) is 0. The molecule has 0 aromatic carbocycles. The van der Waals surface area contributed by atoms with Gasteiger partial charge in [-0.3, -0.25) is 4.79 Å². The fraction of sp³-hybridized carbons (Fsp3) is 0.500. The Bertz CT molecular complexity index is 394. The zero-order valence-electron chi connectivity index (χ0n) is 9.32. The highest BCUT2D eigenvalue weighted by atomic mass is 35.5. The maximum absolute atomic E-state index is 12.2. The van der Waals surface area contributed by atoms with Gasteiger partial charge in [0.1, 0.15) is 5.15 Å². The van der Waals surface area contributed by atoms with Crippen molar-refractivity contribution in [3.8, 4) is 0 Å². The number of hydrogen-bond acceptors (Lipinski definition) is 2. The fourth-order valence-electron chi connectivity index (χ4n) is 2.10. The van der Waals surface area contributed by atoms with Crippen molar-refractivity contribution in [2.45, 2.75) is 32.2 Å². The molecule has 16 heavy (non-hydrogen) atoms. The molecule has 0 spiro atoms. The van der Waals surface area contributed by atoms with Gasteiger partial charge < -0.3 is 4.90 Å². The predicted octanol–water partition coefficient (Wildman–Crippen LogP) is 2.75. The molecule has 1 amide bonds. The number of nitrogens with zero attached hydrogens (tertiary/aromatic N) is 2. The van der Waals surface area contributed by atoms with Crippen LogP contribution in [0, 0.1) is 0 Å². The Morgan fingerprint density at radius 2 is 2.38 bits per heavy atom. The van der Waals surface area contributed by atoms with E-state index >= 15 is 0 Å². The van der Waals surface area contributed by atoms with Crippen molar-refractivity contribution < 1.29 is 4.79 Å². The van der Waals surface area contributed by atoms with Crippen molar-refractivity contribution in [2.75, 3.05) is 6.54 Å². The average Bonchev–Trinajstić information content (AvgIpc) is 2.29. The van der Waals surface area contributed by atoms with E-state index in [0.29, 0.717) is 16.8 Å². The molecule has 0 N–H and O–H groups in total. The Kier molecular flexibility index (Phi) is 3.44. The molecule has 3 nitrogen and oxygen atoms in total. The van der Waals surface area contributed by atoms with E-state index < -0.39 is 0 Å². The van der Waals surface area contributed by atoms with Gasteiger partial charge in [0.05, 0.1) is 5.56 Å². The monoisotopic (exact) mass is 238 g/mol. The average molecular weight is 239 g/mol. The molecular formula is C12H15ClN2O. The van der Waals surface area contributed by atoms with Gasteiger partial charge in [0.15, 0.2) is 0 Å². The standard InChI is InChI=1S/C12H15ClN2O/c1-9-5-2-3-8-15(9)12(16)10-6-4-7-14-11(10)13/h4,6-7,9H,2-3,5,8H2,1H3. The zero-order chi connectivity index (χ0) is 11.5. The van der Waals surface area contributed by atoms with Gasteiger partial charge in [-0.1, -0.05) is 11.6 Å². The molecule has 1 aromatic rings. The second-order valence-electron chi connectivity index (χ2n) is 4.19. The van der Waals surface area contributed by atoms with Crippen LogP contribution in [0.5, 0.6) is 0 Å². The first kappa shape index (κ1) is 11.4. The van der Waals surface area contributed by atoms with Gasteiger partial charge in [0, 0.05) is 18.8 Å². The topological polar surface area (TPSA) is 33.2 Å². The third kappa shape index (κ3) is 2.19. The van der Waals surface area contributed by atoms with E-state index in [0.717, 1.165) is 19.4 Å². The summed E-state index contributed by atoms with van der Waals surface area (Å²) in [5.41, 5.74) is 0.512. The Balaban J connectivity index is 2.21. The van der Waals surface area contributed by atoms with Crippen LogP contribution in [0.3, 0.4) is 0 Å². The lowest BCUT2D eigenvalue weighted by atomic mass is 10.0. The molecule has 2 heterocycles. The number of likely N-dealkylation sites (tertiary alicyclic amines) is 1. The number of carbonyl (C=O) groups is 1. The second kappa shape index (κ2) is 4.83. The van der Waals surface area contributed by atoms with Crippen LogP contribution in [-0.2, 0) is 0 Å². The zero-order valence-corrected chi connectivity index (χ0v) is 10.1. The number of amides is 1. The van der Waals surface area contributed by atoms with E-state index in [2.05, 4.69) is 11.9 Å². The fourth-order valence-corrected chi connectivity index (χ4v) is 2.30. The summed E-state index contributed by atoms with van der Waals surface area (Å²) < 4.78 is 0. The minimum absolute atomic E-state index is 0.00491. The SMILES string of the molecule is CC1CCCCN1C(=O)c1cccnc1Cl. The first-order chi connectivity index (χ1) is 7.70. The van der Waals surface area contributed by atoms with Gasteiger partial charge in [-0.05, 0) is 38.3 Å². The molecule has 1 atom stereocenters. The smallest absolute Gasteiger partial charge is 0.257 e. The van der Waals surface area contributed by atoms with E-state index in [-0.39, 0.29) is 5.91 Å². The van der Waals surface area contributed by atoms with Crippen molar-refractivity contribution in [2.24, 2.45) is 0 Å². The first-order valence-electron chi connectivity index (χ1n) is 5.61. The molecule has 2 rings (SSSR count). The van der Waals surface area contributed by atoms with E-state index in [1.165, 1.54) is 6.42 Å². The third-order valence-electron chi connectivity index (χ3n) is 3.05. The molecule has 1 unspecified atom stereocenters. The number of aromatic nitrogens is 1. The van der Waals surface area contributed by atoms with Crippen molar-refractivity contribution in [3.05, 3.63) is 29.0 Å². The molecule has 1 aliphatic rings. The summed E-state index contributed by atoms with van der Waals surface area (Å²) in [6.07, 6.45) is 4.95. The molecule has 0 radical (unpaired) electrons. The van der Waals surface area contributed by atoms with Gasteiger partial charge in [-0.15, -0.1) is 0 Å². The van der Waals surface area contributed by atoms with Crippen LogP contribution in [0.4, 0.5) is 0 Å². The summed E-state index contributed by atoms with van der Waals surface area (Å²) in [6.45, 7) is 2.91. The molecule has 1 saturated heterocycles. The van der Waals surface area contributed by atoms with Crippen molar-refractivity contribution >= 4 is 17.5 Å². The number of halogens is 1. The lowest BCUT2D eigenvalue weighted by Gasteiger charge is -2.33. The summed E-state index contributed by atoms with van der Waals surface area (Å²) in [5, 5.41) is 0.297. The highest BCUT2D eigenvalue weighted by molar-refractivity contribution is 6.32. The normalized spacial score (nSPS) is 20.9. The molecular weight excluding hydrogens is 224 g/mol.